The number of nitrogens with one attached hydrogen (secondary N) is 1. The molecule has 0 aromatic carbocycles. The van der Waals surface area contributed by atoms with Crippen LogP contribution in [0.25, 0.3) is 10.6 Å². The number of carbonyl (C=O) groups excluding carboxylic acids is 1. The van der Waals surface area contributed by atoms with Crippen molar-refractivity contribution in [1.82, 2.24) is 10.3 Å². The largest absolute Gasteiger partial charge is 0.381 e. The Morgan fingerprint density at radius 3 is 3.20 bits per heavy atom. The topological polar surface area (TPSA) is 51.2 Å². The van der Waals surface area contributed by atoms with Gasteiger partial charge < -0.3 is 10.1 Å². The van der Waals surface area contributed by atoms with Crippen molar-refractivity contribution in [3.8, 4) is 10.6 Å². The Balaban J connectivity index is 1.63. The van der Waals surface area contributed by atoms with Gasteiger partial charge in [0.1, 0.15) is 0 Å². The fourth-order valence-corrected chi connectivity index (χ4v) is 2.91. The minimum Gasteiger partial charge on any atom is -0.381 e. The fourth-order valence-electron chi connectivity index (χ4n) is 2.22. The summed E-state index contributed by atoms with van der Waals surface area (Å²) in [6, 6.07) is 8.02. The zero-order valence-electron chi connectivity index (χ0n) is 11.0. The van der Waals surface area contributed by atoms with Crippen molar-refractivity contribution < 1.29 is 9.53 Å². The zero-order chi connectivity index (χ0) is 13.8. The standard InChI is InChI=1S/C15H16N2O2S/c18-15(12-4-6-19-10-12)17-9-11-3-5-16-13(8-11)14-2-1-7-20-14/h1-3,5,7-8,12H,4,6,9-10H2,(H,17,18). The van der Waals surface area contributed by atoms with Crippen LogP contribution in [0, 0.1) is 5.92 Å². The molecular formula is C15H16N2O2S. The van der Waals surface area contributed by atoms with Crippen LogP contribution in [-0.2, 0) is 16.1 Å². The van der Waals surface area contributed by atoms with Crippen LogP contribution in [0.2, 0.25) is 0 Å². The Hall–Kier alpha value is -1.72. The van der Waals surface area contributed by atoms with Crippen LogP contribution in [0.1, 0.15) is 12.0 Å². The van der Waals surface area contributed by atoms with E-state index in [-0.39, 0.29) is 11.8 Å². The molecule has 3 rings (SSSR count). The second-order valence-electron chi connectivity index (χ2n) is 4.80. The molecule has 20 heavy (non-hydrogen) atoms. The molecule has 1 saturated heterocycles. The fraction of sp³-hybridized carbons (Fsp3) is 0.333. The monoisotopic (exact) mass is 288 g/mol. The van der Waals surface area contributed by atoms with E-state index in [4.69, 9.17) is 4.74 Å². The van der Waals surface area contributed by atoms with Crippen LogP contribution in [0.15, 0.2) is 35.8 Å². The van der Waals surface area contributed by atoms with Crippen molar-refractivity contribution in [1.29, 1.82) is 0 Å². The van der Waals surface area contributed by atoms with Gasteiger partial charge in [0.05, 0.1) is 23.1 Å². The normalized spacial score (nSPS) is 18.1. The van der Waals surface area contributed by atoms with E-state index in [1.165, 1.54) is 0 Å². The molecule has 0 bridgehead atoms. The second-order valence-corrected chi connectivity index (χ2v) is 5.75. The summed E-state index contributed by atoms with van der Waals surface area (Å²) >= 11 is 1.66. The first-order valence-electron chi connectivity index (χ1n) is 6.67. The molecule has 4 nitrogen and oxygen atoms in total. The predicted octanol–water partition coefficient (Wildman–Crippen LogP) is 2.46. The van der Waals surface area contributed by atoms with Gasteiger partial charge in [0.25, 0.3) is 0 Å². The summed E-state index contributed by atoms with van der Waals surface area (Å²) in [4.78, 5) is 17.4. The Kier molecular flexibility index (Phi) is 4.08. The molecule has 0 radical (unpaired) electrons. The molecule has 1 aliphatic rings. The number of thiophene rings is 1. The highest BCUT2D eigenvalue weighted by molar-refractivity contribution is 7.13. The Morgan fingerprint density at radius 2 is 2.45 bits per heavy atom. The van der Waals surface area contributed by atoms with Crippen LogP contribution in [0.5, 0.6) is 0 Å². The highest BCUT2D eigenvalue weighted by Gasteiger charge is 2.22. The van der Waals surface area contributed by atoms with E-state index in [0.717, 1.165) is 22.6 Å². The molecule has 1 amide bonds. The first-order chi connectivity index (χ1) is 9.83. The van der Waals surface area contributed by atoms with Gasteiger partial charge >= 0.3 is 0 Å². The number of amides is 1. The Bertz CT molecular complexity index is 577. The van der Waals surface area contributed by atoms with Crippen molar-refractivity contribution in [2.45, 2.75) is 13.0 Å². The number of nitrogens with zero attached hydrogens (tertiary/aromatic N) is 1. The van der Waals surface area contributed by atoms with E-state index in [2.05, 4.69) is 10.3 Å². The van der Waals surface area contributed by atoms with Gasteiger partial charge in [-0.3, -0.25) is 9.78 Å². The van der Waals surface area contributed by atoms with Gasteiger partial charge in [-0.2, -0.15) is 0 Å². The van der Waals surface area contributed by atoms with Gasteiger partial charge in [0.2, 0.25) is 5.91 Å². The van der Waals surface area contributed by atoms with Crippen LogP contribution in [0.4, 0.5) is 0 Å². The summed E-state index contributed by atoms with van der Waals surface area (Å²) in [5, 5.41) is 5.00. The number of aromatic nitrogens is 1. The lowest BCUT2D eigenvalue weighted by Gasteiger charge is -2.09. The molecule has 0 saturated carbocycles. The molecule has 1 atom stereocenters. The van der Waals surface area contributed by atoms with Crippen molar-refractivity contribution >= 4 is 17.2 Å². The number of rotatable bonds is 4. The quantitative estimate of drug-likeness (QED) is 0.940. The molecule has 2 aromatic rings. The van der Waals surface area contributed by atoms with E-state index in [9.17, 15) is 4.79 Å². The van der Waals surface area contributed by atoms with Crippen LogP contribution in [0.3, 0.4) is 0 Å². The lowest BCUT2D eigenvalue weighted by atomic mass is 10.1. The molecule has 1 unspecified atom stereocenters. The number of pyridine rings is 1. The number of carbonyl (C=O) groups is 1. The maximum atomic E-state index is 11.9. The smallest absolute Gasteiger partial charge is 0.225 e. The minimum absolute atomic E-state index is 0.00797. The first-order valence-corrected chi connectivity index (χ1v) is 7.55. The third-order valence-electron chi connectivity index (χ3n) is 3.37. The predicted molar refractivity (Wildman–Crippen MR) is 78.3 cm³/mol. The van der Waals surface area contributed by atoms with Crippen molar-refractivity contribution in [3.05, 3.63) is 41.4 Å². The third-order valence-corrected chi connectivity index (χ3v) is 4.26. The van der Waals surface area contributed by atoms with E-state index < -0.39 is 0 Å². The zero-order valence-corrected chi connectivity index (χ0v) is 11.9. The molecule has 3 heterocycles. The van der Waals surface area contributed by atoms with E-state index in [0.29, 0.717) is 19.8 Å². The summed E-state index contributed by atoms with van der Waals surface area (Å²) in [6.07, 6.45) is 2.61. The van der Waals surface area contributed by atoms with E-state index in [1.807, 2.05) is 29.6 Å². The van der Waals surface area contributed by atoms with E-state index >= 15 is 0 Å². The molecule has 0 aliphatic carbocycles. The summed E-state index contributed by atoms with van der Waals surface area (Å²) in [5.41, 5.74) is 2.02. The van der Waals surface area contributed by atoms with Crippen LogP contribution < -0.4 is 5.32 Å². The van der Waals surface area contributed by atoms with Crippen molar-refractivity contribution in [2.24, 2.45) is 5.92 Å². The third kappa shape index (κ3) is 3.05. The highest BCUT2D eigenvalue weighted by Crippen LogP contribution is 2.23. The summed E-state index contributed by atoms with van der Waals surface area (Å²) < 4.78 is 5.23. The van der Waals surface area contributed by atoms with Gasteiger partial charge in [-0.05, 0) is 35.6 Å². The first kappa shape index (κ1) is 13.3. The average molecular weight is 288 g/mol. The molecular weight excluding hydrogens is 272 g/mol. The molecule has 2 aromatic heterocycles. The van der Waals surface area contributed by atoms with Crippen LogP contribution in [-0.4, -0.2) is 24.1 Å². The number of ether oxygens (including phenoxy) is 1. The lowest BCUT2D eigenvalue weighted by molar-refractivity contribution is -0.125. The highest BCUT2D eigenvalue weighted by atomic mass is 32.1. The van der Waals surface area contributed by atoms with Gasteiger partial charge in [-0.15, -0.1) is 11.3 Å². The van der Waals surface area contributed by atoms with Crippen molar-refractivity contribution in [3.63, 3.8) is 0 Å². The maximum absolute atomic E-state index is 11.9. The molecule has 1 fully saturated rings. The van der Waals surface area contributed by atoms with Gasteiger partial charge in [0.15, 0.2) is 0 Å². The van der Waals surface area contributed by atoms with Gasteiger partial charge in [0, 0.05) is 19.3 Å². The minimum atomic E-state index is 0.00797. The summed E-state index contributed by atoms with van der Waals surface area (Å²) in [5.74, 6) is 0.0885. The van der Waals surface area contributed by atoms with E-state index in [1.54, 1.807) is 17.5 Å². The van der Waals surface area contributed by atoms with Gasteiger partial charge in [-0.25, -0.2) is 0 Å². The molecule has 1 N–H and O–H groups in total. The number of hydrogen-bond donors (Lipinski definition) is 1. The maximum Gasteiger partial charge on any atom is 0.225 e. The Morgan fingerprint density at radius 1 is 1.50 bits per heavy atom. The van der Waals surface area contributed by atoms with Crippen molar-refractivity contribution in [2.75, 3.05) is 13.2 Å². The molecule has 104 valence electrons. The summed E-state index contributed by atoms with van der Waals surface area (Å²) in [7, 11) is 0. The Labute approximate surface area is 121 Å². The molecule has 0 spiro atoms. The number of hydrogen-bond acceptors (Lipinski definition) is 4. The molecule has 1 aliphatic heterocycles. The lowest BCUT2D eigenvalue weighted by Crippen LogP contribution is -2.30. The second kappa shape index (κ2) is 6.15. The van der Waals surface area contributed by atoms with Crippen LogP contribution >= 0.6 is 11.3 Å². The average Bonchev–Trinajstić information content (AvgIpc) is 3.17. The SMILES string of the molecule is O=C(NCc1ccnc(-c2cccs2)c1)C1CCOC1. The summed E-state index contributed by atoms with van der Waals surface area (Å²) in [6.45, 7) is 1.77. The molecule has 5 heteroatoms. The van der Waals surface area contributed by atoms with Gasteiger partial charge in [-0.1, -0.05) is 6.07 Å².